The number of hydrogen-bond donors (Lipinski definition) is 0. The molecular weight excluding hydrogens is 297 g/mol. The van der Waals surface area contributed by atoms with E-state index in [2.05, 4.69) is 14.7 Å². The first-order valence-corrected chi connectivity index (χ1v) is 5.68. The highest BCUT2D eigenvalue weighted by Gasteiger charge is 2.32. The van der Waals surface area contributed by atoms with Gasteiger partial charge in [-0.05, 0) is 18.2 Å². The van der Waals surface area contributed by atoms with E-state index in [0.29, 0.717) is 17.0 Å². The summed E-state index contributed by atoms with van der Waals surface area (Å²) in [7, 11) is 1.44. The van der Waals surface area contributed by atoms with Crippen LogP contribution in [0.2, 0.25) is 5.02 Å². The monoisotopic (exact) mass is 304 g/mol. The van der Waals surface area contributed by atoms with Gasteiger partial charge in [0.25, 0.3) is 0 Å². The third kappa shape index (κ3) is 3.30. The highest BCUT2D eigenvalue weighted by Crippen LogP contribution is 2.35. The number of nitrogens with zero attached hydrogens (tertiary/aromatic N) is 2. The molecule has 2 aromatic rings. The fraction of sp³-hybridized carbons (Fsp3) is 0.167. The van der Waals surface area contributed by atoms with Gasteiger partial charge < -0.3 is 9.47 Å². The maximum Gasteiger partial charge on any atom is 0.573 e. The van der Waals surface area contributed by atoms with E-state index in [-0.39, 0.29) is 5.02 Å². The molecule has 0 radical (unpaired) electrons. The molecule has 0 atom stereocenters. The van der Waals surface area contributed by atoms with Crippen molar-refractivity contribution in [3.05, 3.63) is 35.7 Å². The molecule has 0 unspecified atom stereocenters. The molecule has 0 N–H and O–H groups in total. The minimum absolute atomic E-state index is 0.180. The largest absolute Gasteiger partial charge is 0.573 e. The second-order valence-corrected chi connectivity index (χ2v) is 4.04. The Bertz CT molecular complexity index is 620. The third-order valence-corrected chi connectivity index (χ3v) is 2.62. The number of benzene rings is 1. The van der Waals surface area contributed by atoms with E-state index in [9.17, 15) is 13.2 Å². The van der Waals surface area contributed by atoms with Crippen LogP contribution in [0.15, 0.2) is 30.7 Å². The second-order valence-electron chi connectivity index (χ2n) is 3.63. The summed E-state index contributed by atoms with van der Waals surface area (Å²) >= 11 is 5.77. The predicted molar refractivity (Wildman–Crippen MR) is 65.7 cm³/mol. The summed E-state index contributed by atoms with van der Waals surface area (Å²) in [6, 6.07) is 3.83. The molecule has 1 heterocycles. The summed E-state index contributed by atoms with van der Waals surface area (Å²) in [6.07, 6.45) is -2.06. The first-order chi connectivity index (χ1) is 9.40. The van der Waals surface area contributed by atoms with Crippen molar-refractivity contribution in [2.45, 2.75) is 6.36 Å². The molecule has 8 heteroatoms. The van der Waals surface area contributed by atoms with Gasteiger partial charge in [0.05, 0.1) is 18.3 Å². The van der Waals surface area contributed by atoms with Crippen molar-refractivity contribution < 1.29 is 22.6 Å². The predicted octanol–water partition coefficient (Wildman–Crippen LogP) is 3.70. The average molecular weight is 305 g/mol. The van der Waals surface area contributed by atoms with Crippen molar-refractivity contribution in [2.24, 2.45) is 0 Å². The zero-order valence-corrected chi connectivity index (χ0v) is 10.9. The fourth-order valence-electron chi connectivity index (χ4n) is 1.54. The van der Waals surface area contributed by atoms with Crippen molar-refractivity contribution in [2.75, 3.05) is 7.11 Å². The van der Waals surface area contributed by atoms with Crippen LogP contribution in [-0.4, -0.2) is 23.4 Å². The maximum atomic E-state index is 12.1. The lowest BCUT2D eigenvalue weighted by Crippen LogP contribution is -2.17. The summed E-state index contributed by atoms with van der Waals surface area (Å²) in [6.45, 7) is 0. The molecule has 1 aromatic carbocycles. The number of hydrogen-bond acceptors (Lipinski definition) is 4. The molecule has 0 amide bonds. The van der Waals surface area contributed by atoms with Crippen LogP contribution >= 0.6 is 11.6 Å². The molecule has 0 aliphatic rings. The third-order valence-electron chi connectivity index (χ3n) is 2.33. The Morgan fingerprint density at radius 2 is 1.95 bits per heavy atom. The SMILES string of the molecule is COc1cncnc1-c1ccc(OC(F)(F)F)c(Cl)c1. The number of methoxy groups -OCH3 is 1. The maximum absolute atomic E-state index is 12.1. The van der Waals surface area contributed by atoms with Gasteiger partial charge in [0.1, 0.15) is 17.8 Å². The van der Waals surface area contributed by atoms with E-state index in [1.165, 1.54) is 31.8 Å². The highest BCUT2D eigenvalue weighted by atomic mass is 35.5. The summed E-state index contributed by atoms with van der Waals surface area (Å²) < 4.78 is 45.3. The zero-order chi connectivity index (χ0) is 14.8. The van der Waals surface area contributed by atoms with Crippen molar-refractivity contribution >= 4 is 11.6 Å². The number of rotatable bonds is 3. The van der Waals surface area contributed by atoms with Gasteiger partial charge in [0.2, 0.25) is 0 Å². The Hall–Kier alpha value is -2.02. The van der Waals surface area contributed by atoms with Crippen molar-refractivity contribution in [1.29, 1.82) is 0 Å². The van der Waals surface area contributed by atoms with Crippen LogP contribution in [0.5, 0.6) is 11.5 Å². The molecule has 4 nitrogen and oxygen atoms in total. The van der Waals surface area contributed by atoms with Gasteiger partial charge in [-0.25, -0.2) is 9.97 Å². The summed E-state index contributed by atoms with van der Waals surface area (Å²) in [5, 5.41) is -0.180. The minimum Gasteiger partial charge on any atom is -0.493 e. The Kier molecular flexibility index (Phi) is 3.99. The first-order valence-electron chi connectivity index (χ1n) is 5.30. The van der Waals surface area contributed by atoms with E-state index in [1.54, 1.807) is 0 Å². The van der Waals surface area contributed by atoms with Crippen molar-refractivity contribution in [1.82, 2.24) is 9.97 Å². The lowest BCUT2D eigenvalue weighted by molar-refractivity contribution is -0.274. The van der Waals surface area contributed by atoms with Crippen LogP contribution in [0.25, 0.3) is 11.3 Å². The molecule has 0 aliphatic heterocycles. The second kappa shape index (κ2) is 5.54. The zero-order valence-electron chi connectivity index (χ0n) is 10.1. The molecule has 0 bridgehead atoms. The molecule has 2 rings (SSSR count). The molecule has 0 fully saturated rings. The van der Waals surface area contributed by atoms with Crippen LogP contribution in [0.4, 0.5) is 13.2 Å². The highest BCUT2D eigenvalue weighted by molar-refractivity contribution is 6.32. The minimum atomic E-state index is -4.79. The summed E-state index contributed by atoms with van der Waals surface area (Å²) in [5.41, 5.74) is 0.909. The standard InChI is InChI=1S/C12H8ClF3N2O2/c1-19-10-5-17-6-18-11(10)7-2-3-9(8(13)4-7)20-12(14,15)16/h2-6H,1H3. The number of ether oxygens (including phenoxy) is 2. The molecule has 1 aromatic heterocycles. The molecule has 0 saturated heterocycles. The van der Waals surface area contributed by atoms with Crippen molar-refractivity contribution in [3.8, 4) is 22.8 Å². The van der Waals surface area contributed by atoms with Crippen LogP contribution in [-0.2, 0) is 0 Å². The van der Waals surface area contributed by atoms with E-state index in [1.807, 2.05) is 0 Å². The van der Waals surface area contributed by atoms with Gasteiger partial charge in [0.15, 0.2) is 5.75 Å². The Labute approximate surface area is 117 Å². The van der Waals surface area contributed by atoms with Crippen LogP contribution in [0, 0.1) is 0 Å². The van der Waals surface area contributed by atoms with E-state index < -0.39 is 12.1 Å². The van der Waals surface area contributed by atoms with Gasteiger partial charge in [-0.15, -0.1) is 13.2 Å². The smallest absolute Gasteiger partial charge is 0.493 e. The van der Waals surface area contributed by atoms with Crippen LogP contribution in [0.3, 0.4) is 0 Å². The fourth-order valence-corrected chi connectivity index (χ4v) is 1.76. The first kappa shape index (κ1) is 14.4. The van der Waals surface area contributed by atoms with Gasteiger partial charge >= 0.3 is 6.36 Å². The molecular formula is C12H8ClF3N2O2. The van der Waals surface area contributed by atoms with Crippen LogP contribution < -0.4 is 9.47 Å². The lowest BCUT2D eigenvalue weighted by Gasteiger charge is -2.12. The molecule has 106 valence electrons. The molecule has 0 spiro atoms. The van der Waals surface area contributed by atoms with E-state index in [0.717, 1.165) is 6.07 Å². The molecule has 0 aliphatic carbocycles. The van der Waals surface area contributed by atoms with E-state index in [4.69, 9.17) is 16.3 Å². The lowest BCUT2D eigenvalue weighted by atomic mass is 10.1. The van der Waals surface area contributed by atoms with Crippen molar-refractivity contribution in [3.63, 3.8) is 0 Å². The average Bonchev–Trinajstić information content (AvgIpc) is 2.39. The van der Waals surface area contributed by atoms with Gasteiger partial charge in [0, 0.05) is 5.56 Å². The Morgan fingerprint density at radius 1 is 1.20 bits per heavy atom. The van der Waals surface area contributed by atoms with Gasteiger partial charge in [-0.1, -0.05) is 11.6 Å². The summed E-state index contributed by atoms with van der Waals surface area (Å²) in [5.74, 6) is -0.0935. The molecule has 20 heavy (non-hydrogen) atoms. The number of aromatic nitrogens is 2. The van der Waals surface area contributed by atoms with Crippen LogP contribution in [0.1, 0.15) is 0 Å². The van der Waals surface area contributed by atoms with Gasteiger partial charge in [-0.3, -0.25) is 0 Å². The Morgan fingerprint density at radius 3 is 2.55 bits per heavy atom. The Balaban J connectivity index is 2.38. The number of halogens is 4. The molecule has 0 saturated carbocycles. The quantitative estimate of drug-likeness (QED) is 0.867. The summed E-state index contributed by atoms with van der Waals surface area (Å²) in [4.78, 5) is 7.79. The van der Waals surface area contributed by atoms with Gasteiger partial charge in [-0.2, -0.15) is 0 Å². The normalized spacial score (nSPS) is 11.2. The number of alkyl halides is 3. The van der Waals surface area contributed by atoms with E-state index >= 15 is 0 Å². The topological polar surface area (TPSA) is 44.2 Å².